The van der Waals surface area contributed by atoms with Gasteiger partial charge in [-0.1, -0.05) is 0 Å². The van der Waals surface area contributed by atoms with E-state index in [1.807, 2.05) is 6.92 Å². The van der Waals surface area contributed by atoms with Crippen molar-refractivity contribution in [2.24, 2.45) is 0 Å². The molecule has 0 amide bonds. The Morgan fingerprint density at radius 1 is 1.40 bits per heavy atom. The molecule has 0 aromatic heterocycles. The normalized spacial score (nSPS) is 23.9. The van der Waals surface area contributed by atoms with E-state index in [2.05, 4.69) is 10.2 Å². The molecule has 0 aliphatic carbocycles. The van der Waals surface area contributed by atoms with E-state index in [0.717, 1.165) is 19.5 Å². The minimum atomic E-state index is -2.74. The monoisotopic (exact) mass is 254 g/mol. The van der Waals surface area contributed by atoms with Crippen LogP contribution in [-0.2, 0) is 9.84 Å². The summed E-state index contributed by atoms with van der Waals surface area (Å²) in [6.07, 6.45) is 1.01. The van der Waals surface area contributed by atoms with Gasteiger partial charge in [-0.2, -0.15) is 0 Å². The molecule has 0 bridgehead atoms. The van der Waals surface area contributed by atoms with Crippen molar-refractivity contribution in [3.8, 4) is 0 Å². The van der Waals surface area contributed by atoms with Gasteiger partial charge in [-0.3, -0.25) is 0 Å². The number of nitrogens with one attached hydrogen (secondary N) is 1. The maximum Gasteiger partial charge on any atom is 0.152 e. The number of hydrogen-bond acceptors (Lipinski definition) is 4. The van der Waals surface area contributed by atoms with Crippen molar-refractivity contribution in [1.29, 1.82) is 0 Å². The smallest absolute Gasteiger partial charge is 0.152 e. The van der Waals surface area contributed by atoms with Gasteiger partial charge in [-0.05, 0) is 26.4 Å². The minimum Gasteiger partial charge on any atom is -0.302 e. The van der Waals surface area contributed by atoms with Gasteiger partial charge in [0.2, 0.25) is 0 Å². The Hall–Kier alpha value is 0.160. The first kappa shape index (κ1) is 13.2. The minimum absolute atomic E-state index is 0.00623. The van der Waals surface area contributed by atoms with Gasteiger partial charge in [0, 0.05) is 13.1 Å². The summed E-state index contributed by atoms with van der Waals surface area (Å²) in [6, 6.07) is 0. The maximum absolute atomic E-state index is 11.2. The van der Waals surface area contributed by atoms with Crippen LogP contribution in [0, 0.1) is 0 Å². The van der Waals surface area contributed by atoms with Gasteiger partial charge < -0.3 is 10.2 Å². The van der Waals surface area contributed by atoms with E-state index in [-0.39, 0.29) is 5.50 Å². The average Bonchev–Trinajstić information content (AvgIpc) is 2.14. The number of alkyl halides is 1. The molecule has 0 aromatic carbocycles. The molecule has 0 radical (unpaired) electrons. The largest absolute Gasteiger partial charge is 0.302 e. The molecule has 0 aromatic rings. The number of halogens is 1. The van der Waals surface area contributed by atoms with E-state index in [4.69, 9.17) is 11.6 Å². The SMILES string of the molecule is CC(Cl)NCCCN1CCS(=O)(=O)CC1. The van der Waals surface area contributed by atoms with Crippen LogP contribution < -0.4 is 5.32 Å². The van der Waals surface area contributed by atoms with Crippen molar-refractivity contribution >= 4 is 21.4 Å². The summed E-state index contributed by atoms with van der Waals surface area (Å²) in [6.45, 7) is 5.09. The van der Waals surface area contributed by atoms with Crippen molar-refractivity contribution < 1.29 is 8.42 Å². The fourth-order valence-electron chi connectivity index (χ4n) is 1.58. The average molecular weight is 255 g/mol. The molecule has 4 nitrogen and oxygen atoms in total. The van der Waals surface area contributed by atoms with E-state index in [9.17, 15) is 8.42 Å². The van der Waals surface area contributed by atoms with Crippen molar-refractivity contribution in [1.82, 2.24) is 10.2 Å². The summed E-state index contributed by atoms with van der Waals surface area (Å²) >= 11 is 5.73. The molecule has 1 heterocycles. The fourth-order valence-corrected chi connectivity index (χ4v) is 2.96. The predicted octanol–water partition coefficient (Wildman–Crippen LogP) is 0.281. The van der Waals surface area contributed by atoms with Gasteiger partial charge in [-0.15, -0.1) is 11.6 Å². The van der Waals surface area contributed by atoms with E-state index < -0.39 is 9.84 Å². The van der Waals surface area contributed by atoms with Crippen molar-refractivity contribution in [2.45, 2.75) is 18.8 Å². The van der Waals surface area contributed by atoms with Crippen LogP contribution in [0.5, 0.6) is 0 Å². The van der Waals surface area contributed by atoms with Gasteiger partial charge >= 0.3 is 0 Å². The van der Waals surface area contributed by atoms with Gasteiger partial charge in [0.05, 0.1) is 17.0 Å². The Balaban J connectivity index is 2.09. The summed E-state index contributed by atoms with van der Waals surface area (Å²) in [7, 11) is -2.74. The van der Waals surface area contributed by atoms with Crippen molar-refractivity contribution in [2.75, 3.05) is 37.7 Å². The lowest BCUT2D eigenvalue weighted by molar-refractivity contribution is 0.290. The Kier molecular flexibility index (Phi) is 5.32. The first-order chi connectivity index (χ1) is 6.99. The number of rotatable bonds is 5. The van der Waals surface area contributed by atoms with Crippen LogP contribution in [0.15, 0.2) is 0 Å². The summed E-state index contributed by atoms with van der Waals surface area (Å²) in [5.74, 6) is 0.624. The van der Waals surface area contributed by atoms with Crippen LogP contribution in [0.4, 0.5) is 0 Å². The Labute approximate surface area is 96.9 Å². The lowest BCUT2D eigenvalue weighted by atomic mass is 10.3. The van der Waals surface area contributed by atoms with Crippen LogP contribution in [-0.4, -0.2) is 56.5 Å². The standard InChI is InChI=1S/C9H19ClN2O2S/c1-9(10)11-3-2-4-12-5-7-15(13,14)8-6-12/h9,11H,2-8H2,1H3. The molecule has 15 heavy (non-hydrogen) atoms. The van der Waals surface area contributed by atoms with Gasteiger partial charge in [0.25, 0.3) is 0 Å². The van der Waals surface area contributed by atoms with Crippen LogP contribution in [0.25, 0.3) is 0 Å². The zero-order valence-electron chi connectivity index (χ0n) is 9.08. The van der Waals surface area contributed by atoms with E-state index in [0.29, 0.717) is 24.6 Å². The second-order valence-electron chi connectivity index (χ2n) is 3.92. The second kappa shape index (κ2) is 6.03. The highest BCUT2D eigenvalue weighted by Crippen LogP contribution is 2.03. The first-order valence-corrected chi connectivity index (χ1v) is 7.55. The molecular weight excluding hydrogens is 236 g/mol. The van der Waals surface area contributed by atoms with E-state index >= 15 is 0 Å². The van der Waals surface area contributed by atoms with Crippen LogP contribution >= 0.6 is 11.6 Å². The number of hydrogen-bond donors (Lipinski definition) is 1. The highest BCUT2D eigenvalue weighted by atomic mass is 35.5. The Bertz CT molecular complexity index is 266. The van der Waals surface area contributed by atoms with Crippen LogP contribution in [0.2, 0.25) is 0 Å². The molecule has 1 aliphatic rings. The number of sulfone groups is 1. The lowest BCUT2D eigenvalue weighted by Crippen LogP contribution is -2.41. The van der Waals surface area contributed by atoms with Crippen molar-refractivity contribution in [3.63, 3.8) is 0 Å². The summed E-state index contributed by atoms with van der Waals surface area (Å²) in [5, 5.41) is 3.12. The van der Waals surface area contributed by atoms with E-state index in [1.54, 1.807) is 0 Å². The highest BCUT2D eigenvalue weighted by molar-refractivity contribution is 7.91. The van der Waals surface area contributed by atoms with E-state index in [1.165, 1.54) is 0 Å². The molecule has 90 valence electrons. The topological polar surface area (TPSA) is 49.4 Å². The third-order valence-corrected chi connectivity index (χ3v) is 4.28. The van der Waals surface area contributed by atoms with Gasteiger partial charge in [0.1, 0.15) is 0 Å². The molecule has 1 aliphatic heterocycles. The third kappa shape index (κ3) is 5.70. The van der Waals surface area contributed by atoms with Gasteiger partial charge in [0.15, 0.2) is 9.84 Å². The molecule has 1 unspecified atom stereocenters. The molecule has 0 spiro atoms. The molecule has 1 N–H and O–H groups in total. The Morgan fingerprint density at radius 3 is 2.53 bits per heavy atom. The highest BCUT2D eigenvalue weighted by Gasteiger charge is 2.20. The lowest BCUT2D eigenvalue weighted by Gasteiger charge is -2.26. The maximum atomic E-state index is 11.2. The third-order valence-electron chi connectivity index (χ3n) is 2.51. The molecule has 0 saturated carbocycles. The second-order valence-corrected chi connectivity index (χ2v) is 6.88. The van der Waals surface area contributed by atoms with Crippen molar-refractivity contribution in [3.05, 3.63) is 0 Å². The fraction of sp³-hybridized carbons (Fsp3) is 1.00. The van der Waals surface area contributed by atoms with Gasteiger partial charge in [-0.25, -0.2) is 8.42 Å². The van der Waals surface area contributed by atoms with Crippen LogP contribution in [0.1, 0.15) is 13.3 Å². The predicted molar refractivity (Wildman–Crippen MR) is 63.0 cm³/mol. The summed E-state index contributed by atoms with van der Waals surface area (Å²) < 4.78 is 22.3. The zero-order chi connectivity index (χ0) is 11.3. The molecular formula is C9H19ClN2O2S. The summed E-state index contributed by atoms with van der Waals surface area (Å²) in [5.41, 5.74) is 0.00623. The first-order valence-electron chi connectivity index (χ1n) is 5.30. The van der Waals surface area contributed by atoms with Crippen LogP contribution in [0.3, 0.4) is 0 Å². The molecule has 1 rings (SSSR count). The molecule has 6 heteroatoms. The zero-order valence-corrected chi connectivity index (χ0v) is 10.6. The molecule has 1 saturated heterocycles. The molecule has 1 atom stereocenters. The number of nitrogens with zero attached hydrogens (tertiary/aromatic N) is 1. The quantitative estimate of drug-likeness (QED) is 0.435. The molecule has 1 fully saturated rings. The summed E-state index contributed by atoms with van der Waals surface area (Å²) in [4.78, 5) is 2.20. The Morgan fingerprint density at radius 2 is 2.00 bits per heavy atom.